The van der Waals surface area contributed by atoms with Crippen molar-refractivity contribution in [2.24, 2.45) is 5.73 Å². The van der Waals surface area contributed by atoms with Gasteiger partial charge in [-0.1, -0.05) is 6.07 Å². The van der Waals surface area contributed by atoms with E-state index in [1.54, 1.807) is 6.07 Å². The Balaban J connectivity index is 2.31. The molecule has 1 heterocycles. The molecule has 1 aromatic rings. The Morgan fingerprint density at radius 3 is 3.06 bits per heavy atom. The lowest BCUT2D eigenvalue weighted by Crippen LogP contribution is -2.33. The molecule has 3 N–H and O–H groups in total. The number of amides is 1. The molecule has 0 saturated carbocycles. The van der Waals surface area contributed by atoms with E-state index in [-0.39, 0.29) is 24.8 Å². The molecule has 17 heavy (non-hydrogen) atoms. The highest BCUT2D eigenvalue weighted by atomic mass is 19.1. The topological polar surface area (TPSA) is 58.4 Å². The van der Waals surface area contributed by atoms with Crippen molar-refractivity contribution in [2.75, 3.05) is 24.5 Å². The molecular formula is C12H16FN3O. The van der Waals surface area contributed by atoms with Gasteiger partial charge in [-0.3, -0.25) is 4.79 Å². The summed E-state index contributed by atoms with van der Waals surface area (Å²) < 4.78 is 13.6. The van der Waals surface area contributed by atoms with E-state index in [0.29, 0.717) is 12.1 Å². The van der Waals surface area contributed by atoms with Gasteiger partial charge in [-0.25, -0.2) is 4.39 Å². The highest BCUT2D eigenvalue weighted by molar-refractivity contribution is 5.82. The summed E-state index contributed by atoms with van der Waals surface area (Å²) in [7, 11) is 0. The number of carbonyl (C=O) groups excluding carboxylic acids is 1. The Morgan fingerprint density at radius 1 is 1.47 bits per heavy atom. The third-order valence-corrected chi connectivity index (χ3v) is 2.90. The van der Waals surface area contributed by atoms with Crippen molar-refractivity contribution in [1.82, 2.24) is 5.32 Å². The van der Waals surface area contributed by atoms with Gasteiger partial charge in [0.25, 0.3) is 0 Å². The second kappa shape index (κ2) is 5.14. The normalized spacial score (nSPS) is 16.6. The Labute approximate surface area is 99.6 Å². The average molecular weight is 237 g/mol. The summed E-state index contributed by atoms with van der Waals surface area (Å²) in [6.07, 6.45) is 0.853. The monoisotopic (exact) mass is 237 g/mol. The zero-order valence-electron chi connectivity index (χ0n) is 9.58. The number of nitrogens with two attached hydrogens (primary N) is 1. The molecule has 1 fully saturated rings. The van der Waals surface area contributed by atoms with Crippen molar-refractivity contribution < 1.29 is 9.18 Å². The van der Waals surface area contributed by atoms with Crippen LogP contribution in [0.1, 0.15) is 12.0 Å². The van der Waals surface area contributed by atoms with Crippen LogP contribution in [0.3, 0.4) is 0 Å². The van der Waals surface area contributed by atoms with Crippen molar-refractivity contribution in [3.8, 4) is 0 Å². The quantitative estimate of drug-likeness (QED) is 0.792. The standard InChI is InChI=1S/C12H16FN3O/c13-10-3-1-4-11(9(10)7-14)16-6-2-5-15-12(17)8-16/h1,3-4H,2,5-8,14H2,(H,15,17). The number of hydrogen-bond acceptors (Lipinski definition) is 3. The van der Waals surface area contributed by atoms with Crippen LogP contribution in [0, 0.1) is 5.82 Å². The SMILES string of the molecule is NCc1c(F)cccc1N1CCCNC(=O)C1. The highest BCUT2D eigenvalue weighted by Crippen LogP contribution is 2.23. The summed E-state index contributed by atoms with van der Waals surface area (Å²) in [5.74, 6) is -0.343. The van der Waals surface area contributed by atoms with Gasteiger partial charge in [-0.05, 0) is 18.6 Å². The van der Waals surface area contributed by atoms with Crippen molar-refractivity contribution in [1.29, 1.82) is 0 Å². The second-order valence-corrected chi connectivity index (χ2v) is 4.07. The maximum absolute atomic E-state index is 13.6. The molecule has 0 bridgehead atoms. The van der Waals surface area contributed by atoms with Gasteiger partial charge in [-0.2, -0.15) is 0 Å². The second-order valence-electron chi connectivity index (χ2n) is 4.07. The molecule has 1 saturated heterocycles. The van der Waals surface area contributed by atoms with Gasteiger partial charge >= 0.3 is 0 Å². The molecule has 1 aliphatic rings. The predicted octanol–water partition coefficient (Wildman–Crippen LogP) is 0.611. The van der Waals surface area contributed by atoms with Crippen molar-refractivity contribution in [3.05, 3.63) is 29.6 Å². The number of benzene rings is 1. The Hall–Kier alpha value is -1.62. The van der Waals surface area contributed by atoms with Crippen LogP contribution in [-0.4, -0.2) is 25.5 Å². The zero-order chi connectivity index (χ0) is 12.3. The van der Waals surface area contributed by atoms with Gasteiger partial charge in [-0.15, -0.1) is 0 Å². The third-order valence-electron chi connectivity index (χ3n) is 2.90. The lowest BCUT2D eigenvalue weighted by molar-refractivity contribution is -0.119. The number of anilines is 1. The maximum Gasteiger partial charge on any atom is 0.239 e. The molecule has 4 nitrogen and oxygen atoms in total. The molecule has 2 rings (SSSR count). The molecule has 0 spiro atoms. The highest BCUT2D eigenvalue weighted by Gasteiger charge is 2.18. The molecule has 0 aromatic heterocycles. The van der Waals surface area contributed by atoms with E-state index in [4.69, 9.17) is 5.73 Å². The van der Waals surface area contributed by atoms with E-state index < -0.39 is 0 Å². The Kier molecular flexibility index (Phi) is 3.58. The van der Waals surface area contributed by atoms with Crippen LogP contribution in [0.15, 0.2) is 18.2 Å². The fraction of sp³-hybridized carbons (Fsp3) is 0.417. The van der Waals surface area contributed by atoms with Crippen LogP contribution < -0.4 is 16.0 Å². The van der Waals surface area contributed by atoms with Gasteiger partial charge in [0.15, 0.2) is 0 Å². The number of carbonyl (C=O) groups is 1. The molecule has 0 atom stereocenters. The van der Waals surface area contributed by atoms with E-state index in [1.807, 2.05) is 11.0 Å². The third kappa shape index (κ3) is 2.55. The van der Waals surface area contributed by atoms with Gasteiger partial charge in [0, 0.05) is 30.9 Å². The fourth-order valence-corrected chi connectivity index (χ4v) is 2.06. The molecule has 1 aromatic carbocycles. The molecule has 5 heteroatoms. The minimum atomic E-state index is -0.311. The Bertz CT molecular complexity index is 422. The number of hydrogen-bond donors (Lipinski definition) is 2. The molecule has 0 unspecified atom stereocenters. The molecule has 1 aliphatic heterocycles. The van der Waals surface area contributed by atoms with Crippen LogP contribution in [0.4, 0.5) is 10.1 Å². The largest absolute Gasteiger partial charge is 0.362 e. The van der Waals surface area contributed by atoms with Gasteiger partial charge in [0.1, 0.15) is 5.82 Å². The Morgan fingerprint density at radius 2 is 2.29 bits per heavy atom. The van der Waals surface area contributed by atoms with Crippen LogP contribution >= 0.6 is 0 Å². The molecule has 0 aliphatic carbocycles. The first-order valence-corrected chi connectivity index (χ1v) is 5.71. The van der Waals surface area contributed by atoms with Crippen molar-refractivity contribution in [2.45, 2.75) is 13.0 Å². The minimum Gasteiger partial charge on any atom is -0.362 e. The summed E-state index contributed by atoms with van der Waals surface area (Å²) in [5, 5.41) is 2.79. The number of rotatable bonds is 2. The summed E-state index contributed by atoms with van der Waals surface area (Å²) in [6, 6.07) is 4.85. The van der Waals surface area contributed by atoms with Crippen LogP contribution in [-0.2, 0) is 11.3 Å². The van der Waals surface area contributed by atoms with E-state index in [0.717, 1.165) is 18.7 Å². The summed E-state index contributed by atoms with van der Waals surface area (Å²) in [5.41, 5.74) is 6.77. The first-order valence-electron chi connectivity index (χ1n) is 5.71. The van der Waals surface area contributed by atoms with Gasteiger partial charge in [0.05, 0.1) is 6.54 Å². The summed E-state index contributed by atoms with van der Waals surface area (Å²) >= 11 is 0. The number of nitrogens with one attached hydrogen (secondary N) is 1. The average Bonchev–Trinajstić information content (AvgIpc) is 2.53. The van der Waals surface area contributed by atoms with Gasteiger partial charge < -0.3 is 16.0 Å². The van der Waals surface area contributed by atoms with E-state index in [2.05, 4.69) is 5.32 Å². The maximum atomic E-state index is 13.6. The van der Waals surface area contributed by atoms with Gasteiger partial charge in [0.2, 0.25) is 5.91 Å². The van der Waals surface area contributed by atoms with Crippen molar-refractivity contribution in [3.63, 3.8) is 0 Å². The molecular weight excluding hydrogens is 221 g/mol. The minimum absolute atomic E-state index is 0.0327. The van der Waals surface area contributed by atoms with Crippen LogP contribution in [0.25, 0.3) is 0 Å². The van der Waals surface area contributed by atoms with Crippen LogP contribution in [0.5, 0.6) is 0 Å². The zero-order valence-corrected chi connectivity index (χ0v) is 9.58. The predicted molar refractivity (Wildman–Crippen MR) is 64.1 cm³/mol. The lowest BCUT2D eigenvalue weighted by Gasteiger charge is -2.24. The first kappa shape index (κ1) is 11.9. The van der Waals surface area contributed by atoms with E-state index >= 15 is 0 Å². The van der Waals surface area contributed by atoms with E-state index in [1.165, 1.54) is 6.07 Å². The fourth-order valence-electron chi connectivity index (χ4n) is 2.06. The summed E-state index contributed by atoms with van der Waals surface area (Å²) in [6.45, 7) is 1.80. The molecule has 1 amide bonds. The molecule has 0 radical (unpaired) electrons. The first-order chi connectivity index (χ1) is 8.22. The number of nitrogens with zero attached hydrogens (tertiary/aromatic N) is 1. The smallest absolute Gasteiger partial charge is 0.239 e. The molecule has 92 valence electrons. The number of halogens is 1. The lowest BCUT2D eigenvalue weighted by atomic mass is 10.1. The van der Waals surface area contributed by atoms with E-state index in [9.17, 15) is 9.18 Å². The van der Waals surface area contributed by atoms with Crippen LogP contribution in [0.2, 0.25) is 0 Å². The summed E-state index contributed by atoms with van der Waals surface area (Å²) in [4.78, 5) is 13.4. The van der Waals surface area contributed by atoms with Crippen molar-refractivity contribution >= 4 is 11.6 Å².